The van der Waals surface area contributed by atoms with Crippen LogP contribution in [-0.4, -0.2) is 34.5 Å². The maximum absolute atomic E-state index is 13.6. The van der Waals surface area contributed by atoms with Gasteiger partial charge in [-0.25, -0.2) is 4.39 Å². The summed E-state index contributed by atoms with van der Waals surface area (Å²) >= 11 is 8.33. The average molecular weight is 346 g/mol. The number of carbonyl (C=O) groups is 1. The van der Waals surface area contributed by atoms with Crippen molar-refractivity contribution in [2.45, 2.75) is 13.0 Å². The highest BCUT2D eigenvalue weighted by molar-refractivity contribution is 9.10. The van der Waals surface area contributed by atoms with Gasteiger partial charge in [0.2, 0.25) is 5.91 Å². The number of hydrogen-bond acceptors (Lipinski definition) is 2. The van der Waals surface area contributed by atoms with Crippen LogP contribution in [0.1, 0.15) is 6.42 Å². The fourth-order valence-corrected chi connectivity index (χ4v) is 2.45. The molecule has 0 bridgehead atoms. The van der Waals surface area contributed by atoms with Crippen LogP contribution in [0.4, 0.5) is 4.39 Å². The van der Waals surface area contributed by atoms with Gasteiger partial charge in [-0.1, -0.05) is 0 Å². The van der Waals surface area contributed by atoms with Crippen molar-refractivity contribution in [3.63, 3.8) is 0 Å². The molecule has 1 amide bonds. The zero-order valence-corrected chi connectivity index (χ0v) is 12.9. The number of H-pyrrole nitrogens is 1. The molecule has 1 N–H and O–H groups in total. The van der Waals surface area contributed by atoms with E-state index in [1.807, 2.05) is 0 Å². The first kappa shape index (κ1) is 14.2. The van der Waals surface area contributed by atoms with E-state index in [1.54, 1.807) is 24.7 Å². The van der Waals surface area contributed by atoms with E-state index in [2.05, 4.69) is 20.9 Å². The van der Waals surface area contributed by atoms with Crippen molar-refractivity contribution in [2.24, 2.45) is 0 Å². The number of aromatic amines is 1. The van der Waals surface area contributed by atoms with Crippen molar-refractivity contribution in [2.75, 3.05) is 14.1 Å². The van der Waals surface area contributed by atoms with Crippen LogP contribution >= 0.6 is 28.1 Å². The monoisotopic (exact) mass is 345 g/mol. The summed E-state index contributed by atoms with van der Waals surface area (Å²) in [5.41, 5.74) is 1.41. The number of carbonyl (C=O) groups excluding carboxylic acids is 1. The van der Waals surface area contributed by atoms with E-state index in [0.717, 1.165) is 5.52 Å². The summed E-state index contributed by atoms with van der Waals surface area (Å²) in [7, 11) is 3.40. The van der Waals surface area contributed by atoms with Gasteiger partial charge in [-0.3, -0.25) is 4.79 Å². The standard InChI is InChI=1S/C12H13BrFN3OS/c1-16(2)11(18)3-4-17-10-6-8(14)7(13)5-9(10)15-12(17)19/h5-6H,3-4H2,1-2H3,(H,15,19). The number of amides is 1. The SMILES string of the molecule is CN(C)C(=O)CCn1c(=S)[nH]c2cc(Br)c(F)cc21. The highest BCUT2D eigenvalue weighted by Crippen LogP contribution is 2.23. The lowest BCUT2D eigenvalue weighted by Crippen LogP contribution is -2.22. The van der Waals surface area contributed by atoms with Crippen molar-refractivity contribution < 1.29 is 9.18 Å². The first-order chi connectivity index (χ1) is 8.90. The summed E-state index contributed by atoms with van der Waals surface area (Å²) in [5.74, 6) is -0.344. The molecule has 0 saturated carbocycles. The van der Waals surface area contributed by atoms with E-state index in [-0.39, 0.29) is 11.7 Å². The number of halogens is 2. The van der Waals surface area contributed by atoms with Crippen LogP contribution in [0.15, 0.2) is 16.6 Å². The smallest absolute Gasteiger partial charge is 0.223 e. The van der Waals surface area contributed by atoms with E-state index in [9.17, 15) is 9.18 Å². The zero-order chi connectivity index (χ0) is 14.2. The maximum atomic E-state index is 13.6. The van der Waals surface area contributed by atoms with E-state index in [1.165, 1.54) is 11.0 Å². The molecule has 7 heteroatoms. The van der Waals surface area contributed by atoms with Crippen molar-refractivity contribution >= 4 is 45.1 Å². The summed E-state index contributed by atoms with van der Waals surface area (Å²) in [6.45, 7) is 0.427. The third-order valence-corrected chi connectivity index (χ3v) is 3.79. The van der Waals surface area contributed by atoms with Gasteiger partial charge in [-0.2, -0.15) is 0 Å². The molecule has 19 heavy (non-hydrogen) atoms. The van der Waals surface area contributed by atoms with E-state index < -0.39 is 0 Å². The normalized spacial score (nSPS) is 10.9. The van der Waals surface area contributed by atoms with Crippen LogP contribution in [-0.2, 0) is 11.3 Å². The summed E-state index contributed by atoms with van der Waals surface area (Å²) in [6, 6.07) is 3.05. The highest BCUT2D eigenvalue weighted by atomic mass is 79.9. The van der Waals surface area contributed by atoms with Gasteiger partial charge in [0.1, 0.15) is 5.82 Å². The quantitative estimate of drug-likeness (QED) is 0.868. The first-order valence-corrected chi connectivity index (χ1v) is 6.88. The number of rotatable bonds is 3. The van der Waals surface area contributed by atoms with Gasteiger partial charge in [-0.15, -0.1) is 0 Å². The second kappa shape index (κ2) is 5.42. The van der Waals surface area contributed by atoms with Gasteiger partial charge in [0.25, 0.3) is 0 Å². The molecule has 0 fully saturated rings. The summed E-state index contributed by atoms with van der Waals surface area (Å²) in [6.07, 6.45) is 0.325. The van der Waals surface area contributed by atoms with Crippen LogP contribution in [0, 0.1) is 10.6 Å². The number of aryl methyl sites for hydroxylation is 1. The first-order valence-electron chi connectivity index (χ1n) is 5.68. The molecule has 0 saturated heterocycles. The minimum absolute atomic E-state index is 0.00818. The number of hydrogen-bond donors (Lipinski definition) is 1. The van der Waals surface area contributed by atoms with E-state index >= 15 is 0 Å². The molecule has 1 aromatic heterocycles. The minimum atomic E-state index is -0.353. The molecule has 102 valence electrons. The lowest BCUT2D eigenvalue weighted by molar-refractivity contribution is -0.128. The van der Waals surface area contributed by atoms with Crippen LogP contribution in [0.25, 0.3) is 11.0 Å². The largest absolute Gasteiger partial charge is 0.349 e. The Labute approximate surface area is 123 Å². The van der Waals surface area contributed by atoms with E-state index in [4.69, 9.17) is 12.2 Å². The highest BCUT2D eigenvalue weighted by Gasteiger charge is 2.11. The number of nitrogens with one attached hydrogen (secondary N) is 1. The average Bonchev–Trinajstić information content (AvgIpc) is 2.62. The third-order valence-electron chi connectivity index (χ3n) is 2.86. The molecule has 0 spiro atoms. The minimum Gasteiger partial charge on any atom is -0.349 e. The van der Waals surface area contributed by atoms with Gasteiger partial charge < -0.3 is 14.5 Å². The fraction of sp³-hybridized carbons (Fsp3) is 0.333. The number of nitrogens with zero attached hydrogens (tertiary/aromatic N) is 2. The molecule has 0 unspecified atom stereocenters. The number of imidazole rings is 1. The third kappa shape index (κ3) is 2.87. The number of benzene rings is 1. The second-order valence-electron chi connectivity index (χ2n) is 4.40. The Balaban J connectivity index is 2.38. The zero-order valence-electron chi connectivity index (χ0n) is 10.5. The molecule has 0 radical (unpaired) electrons. The maximum Gasteiger partial charge on any atom is 0.223 e. The molecule has 1 aromatic carbocycles. The van der Waals surface area contributed by atoms with Crippen molar-refractivity contribution in [3.8, 4) is 0 Å². The Morgan fingerprint density at radius 3 is 2.84 bits per heavy atom. The number of aromatic nitrogens is 2. The van der Waals surface area contributed by atoms with E-state index in [0.29, 0.717) is 27.7 Å². The molecule has 0 aliphatic heterocycles. The lowest BCUT2D eigenvalue weighted by atomic mass is 10.3. The van der Waals surface area contributed by atoms with Crippen LogP contribution < -0.4 is 0 Å². The predicted molar refractivity (Wildman–Crippen MR) is 78.1 cm³/mol. The molecule has 0 aliphatic rings. The van der Waals surface area contributed by atoms with Crippen molar-refractivity contribution in [3.05, 3.63) is 27.2 Å². The van der Waals surface area contributed by atoms with Gasteiger partial charge >= 0.3 is 0 Å². The molecule has 2 rings (SSSR count). The van der Waals surface area contributed by atoms with Crippen molar-refractivity contribution in [1.29, 1.82) is 0 Å². The Bertz CT molecular complexity index is 692. The Kier molecular flexibility index (Phi) is 4.05. The Morgan fingerprint density at radius 2 is 2.21 bits per heavy atom. The van der Waals surface area contributed by atoms with Crippen LogP contribution in [0.3, 0.4) is 0 Å². The van der Waals surface area contributed by atoms with Crippen LogP contribution in [0.2, 0.25) is 0 Å². The van der Waals surface area contributed by atoms with Gasteiger partial charge in [0.15, 0.2) is 4.77 Å². The molecule has 1 heterocycles. The summed E-state index contributed by atoms with van der Waals surface area (Å²) in [4.78, 5) is 16.1. The van der Waals surface area contributed by atoms with Crippen LogP contribution in [0.5, 0.6) is 0 Å². The molecular formula is C12H13BrFN3OS. The Hall–Kier alpha value is -1.21. The molecule has 0 atom stereocenters. The molecule has 4 nitrogen and oxygen atoms in total. The van der Waals surface area contributed by atoms with Crippen molar-refractivity contribution in [1.82, 2.24) is 14.5 Å². The molecular weight excluding hydrogens is 333 g/mol. The van der Waals surface area contributed by atoms with Gasteiger partial charge in [0.05, 0.1) is 15.5 Å². The lowest BCUT2D eigenvalue weighted by Gasteiger charge is -2.10. The van der Waals surface area contributed by atoms with Gasteiger partial charge in [0, 0.05) is 33.1 Å². The number of fused-ring (bicyclic) bond motifs is 1. The summed E-state index contributed by atoms with van der Waals surface area (Å²) < 4.78 is 16.2. The Morgan fingerprint density at radius 1 is 1.53 bits per heavy atom. The topological polar surface area (TPSA) is 41.0 Å². The fourth-order valence-electron chi connectivity index (χ4n) is 1.80. The second-order valence-corrected chi connectivity index (χ2v) is 5.64. The predicted octanol–water partition coefficient (Wildman–Crippen LogP) is 3.08. The molecule has 2 aromatic rings. The molecule has 0 aliphatic carbocycles. The summed E-state index contributed by atoms with van der Waals surface area (Å²) in [5, 5.41) is 0. The van der Waals surface area contributed by atoms with Gasteiger partial charge in [-0.05, 0) is 34.2 Å².